The topological polar surface area (TPSA) is 41.1 Å². The van der Waals surface area contributed by atoms with Crippen LogP contribution in [0.2, 0.25) is 0 Å². The van der Waals surface area contributed by atoms with Crippen LogP contribution in [-0.4, -0.2) is 13.0 Å². The minimum Gasteiger partial charge on any atom is -0.383 e. The number of halogens is 4. The van der Waals surface area contributed by atoms with Gasteiger partial charge in [0.15, 0.2) is 0 Å². The second-order valence-electron chi connectivity index (χ2n) is 4.18. The van der Waals surface area contributed by atoms with Gasteiger partial charge in [-0.15, -0.1) is 0 Å². The highest BCUT2D eigenvalue weighted by Crippen LogP contribution is 2.21. The first-order chi connectivity index (χ1) is 9.90. The molecule has 0 radical (unpaired) electrons. The Bertz CT molecular complexity index is 660. The van der Waals surface area contributed by atoms with Crippen molar-refractivity contribution in [2.75, 3.05) is 17.7 Å². The van der Waals surface area contributed by atoms with Crippen LogP contribution in [-0.2, 0) is 0 Å². The Balaban J connectivity index is 2.28. The predicted molar refractivity (Wildman–Crippen MR) is 70.2 cm³/mol. The van der Waals surface area contributed by atoms with Crippen LogP contribution in [0.25, 0.3) is 0 Å². The summed E-state index contributed by atoms with van der Waals surface area (Å²) >= 11 is 0. The van der Waals surface area contributed by atoms with Crippen LogP contribution >= 0.6 is 0 Å². The lowest BCUT2D eigenvalue weighted by molar-refractivity contribution is 0.102. The molecule has 0 aliphatic rings. The Labute approximate surface area is 117 Å². The van der Waals surface area contributed by atoms with Crippen molar-refractivity contribution in [3.05, 3.63) is 59.2 Å². The van der Waals surface area contributed by atoms with Gasteiger partial charge < -0.3 is 10.6 Å². The van der Waals surface area contributed by atoms with E-state index in [1.54, 1.807) is 0 Å². The molecule has 0 aromatic heterocycles. The summed E-state index contributed by atoms with van der Waals surface area (Å²) in [7, 11) is 1.33. The summed E-state index contributed by atoms with van der Waals surface area (Å²) in [6.45, 7) is 0. The third-order valence-corrected chi connectivity index (χ3v) is 2.67. The maximum absolute atomic E-state index is 13.5. The van der Waals surface area contributed by atoms with E-state index in [1.807, 2.05) is 0 Å². The lowest BCUT2D eigenvalue weighted by Gasteiger charge is -2.09. The normalized spacial score (nSPS) is 10.3. The average molecular weight is 298 g/mol. The fourth-order valence-electron chi connectivity index (χ4n) is 1.77. The van der Waals surface area contributed by atoms with E-state index in [0.29, 0.717) is 6.07 Å². The standard InChI is InChI=1S/C14H10F4N2O/c1-19-13-11(17)2-7(3-12(13)18)14(21)20-10-5-8(15)4-9(16)6-10/h2-6,19H,1H3,(H,20,21). The highest BCUT2D eigenvalue weighted by atomic mass is 19.1. The zero-order chi connectivity index (χ0) is 15.6. The molecule has 0 atom stereocenters. The minimum absolute atomic E-state index is 0.156. The van der Waals surface area contributed by atoms with E-state index < -0.39 is 29.2 Å². The molecule has 0 aliphatic carbocycles. The molecular weight excluding hydrogens is 288 g/mol. The van der Waals surface area contributed by atoms with Crippen LogP contribution < -0.4 is 10.6 Å². The van der Waals surface area contributed by atoms with Crippen molar-refractivity contribution in [1.82, 2.24) is 0 Å². The average Bonchev–Trinajstić information content (AvgIpc) is 2.36. The second-order valence-corrected chi connectivity index (χ2v) is 4.18. The summed E-state index contributed by atoms with van der Waals surface area (Å²) in [6, 6.07) is 4.04. The molecule has 2 aromatic carbocycles. The molecule has 2 aromatic rings. The Morgan fingerprint density at radius 3 is 1.90 bits per heavy atom. The van der Waals surface area contributed by atoms with E-state index in [1.165, 1.54) is 7.05 Å². The van der Waals surface area contributed by atoms with Gasteiger partial charge in [-0.25, -0.2) is 17.6 Å². The van der Waals surface area contributed by atoms with Crippen LogP contribution in [0.4, 0.5) is 28.9 Å². The molecule has 1 amide bonds. The molecule has 2 rings (SSSR count). The fraction of sp³-hybridized carbons (Fsp3) is 0.0714. The molecule has 0 bridgehead atoms. The van der Waals surface area contributed by atoms with Gasteiger partial charge in [0, 0.05) is 24.4 Å². The number of hydrogen-bond donors (Lipinski definition) is 2. The summed E-state index contributed by atoms with van der Waals surface area (Å²) < 4.78 is 53.0. The van der Waals surface area contributed by atoms with Gasteiger partial charge in [-0.1, -0.05) is 0 Å². The van der Waals surface area contributed by atoms with Crippen molar-refractivity contribution in [1.29, 1.82) is 0 Å². The number of carbonyl (C=O) groups excluding carboxylic acids is 1. The van der Waals surface area contributed by atoms with E-state index in [-0.39, 0.29) is 16.9 Å². The summed E-state index contributed by atoms with van der Waals surface area (Å²) in [5.74, 6) is -4.55. The Kier molecular flexibility index (Phi) is 4.11. The van der Waals surface area contributed by atoms with Crippen molar-refractivity contribution < 1.29 is 22.4 Å². The highest BCUT2D eigenvalue weighted by molar-refractivity contribution is 6.04. The predicted octanol–water partition coefficient (Wildman–Crippen LogP) is 3.54. The molecule has 2 N–H and O–H groups in total. The molecule has 0 unspecified atom stereocenters. The van der Waals surface area contributed by atoms with E-state index in [2.05, 4.69) is 10.6 Å². The lowest BCUT2D eigenvalue weighted by Crippen LogP contribution is -2.13. The first kappa shape index (κ1) is 14.8. The van der Waals surface area contributed by atoms with Gasteiger partial charge in [-0.3, -0.25) is 4.79 Å². The first-order valence-corrected chi connectivity index (χ1v) is 5.85. The maximum Gasteiger partial charge on any atom is 0.255 e. The molecule has 0 heterocycles. The van der Waals surface area contributed by atoms with Crippen molar-refractivity contribution in [2.45, 2.75) is 0 Å². The molecule has 21 heavy (non-hydrogen) atoms. The van der Waals surface area contributed by atoms with E-state index >= 15 is 0 Å². The number of hydrogen-bond acceptors (Lipinski definition) is 2. The third-order valence-electron chi connectivity index (χ3n) is 2.67. The number of benzene rings is 2. The van der Waals surface area contributed by atoms with Crippen LogP contribution in [0.1, 0.15) is 10.4 Å². The first-order valence-electron chi connectivity index (χ1n) is 5.85. The van der Waals surface area contributed by atoms with Crippen LogP contribution in [0.15, 0.2) is 30.3 Å². The Morgan fingerprint density at radius 1 is 0.905 bits per heavy atom. The number of rotatable bonds is 3. The van der Waals surface area contributed by atoms with Gasteiger partial charge in [0.25, 0.3) is 5.91 Å². The zero-order valence-electron chi connectivity index (χ0n) is 10.8. The fourth-order valence-corrected chi connectivity index (χ4v) is 1.77. The van der Waals surface area contributed by atoms with E-state index in [0.717, 1.165) is 24.3 Å². The van der Waals surface area contributed by atoms with Gasteiger partial charge in [0.2, 0.25) is 0 Å². The smallest absolute Gasteiger partial charge is 0.255 e. The summed E-state index contributed by atoms with van der Waals surface area (Å²) in [5.41, 5.74) is -0.840. The maximum atomic E-state index is 13.5. The summed E-state index contributed by atoms with van der Waals surface area (Å²) in [4.78, 5) is 11.8. The Morgan fingerprint density at radius 2 is 1.43 bits per heavy atom. The van der Waals surface area contributed by atoms with Gasteiger partial charge in [0.1, 0.15) is 29.0 Å². The van der Waals surface area contributed by atoms with Gasteiger partial charge in [-0.05, 0) is 24.3 Å². The number of carbonyl (C=O) groups is 1. The largest absolute Gasteiger partial charge is 0.383 e. The van der Waals surface area contributed by atoms with Gasteiger partial charge >= 0.3 is 0 Å². The van der Waals surface area contributed by atoms with Crippen molar-refractivity contribution in [3.63, 3.8) is 0 Å². The quantitative estimate of drug-likeness (QED) is 0.851. The number of nitrogens with one attached hydrogen (secondary N) is 2. The van der Waals surface area contributed by atoms with Crippen molar-refractivity contribution in [2.24, 2.45) is 0 Å². The molecule has 0 saturated heterocycles. The SMILES string of the molecule is CNc1c(F)cc(C(=O)Nc2cc(F)cc(F)c2)cc1F. The summed E-state index contributed by atoms with van der Waals surface area (Å²) in [6.07, 6.45) is 0. The zero-order valence-corrected chi connectivity index (χ0v) is 10.8. The van der Waals surface area contributed by atoms with Crippen LogP contribution in [0.3, 0.4) is 0 Å². The summed E-state index contributed by atoms with van der Waals surface area (Å²) in [5, 5.41) is 4.47. The van der Waals surface area contributed by atoms with Crippen molar-refractivity contribution in [3.8, 4) is 0 Å². The number of anilines is 2. The Hall–Kier alpha value is -2.57. The molecule has 7 heteroatoms. The van der Waals surface area contributed by atoms with E-state index in [4.69, 9.17) is 0 Å². The van der Waals surface area contributed by atoms with Gasteiger partial charge in [0.05, 0.1) is 0 Å². The highest BCUT2D eigenvalue weighted by Gasteiger charge is 2.15. The van der Waals surface area contributed by atoms with Crippen LogP contribution in [0, 0.1) is 23.3 Å². The molecule has 3 nitrogen and oxygen atoms in total. The van der Waals surface area contributed by atoms with Crippen LogP contribution in [0.5, 0.6) is 0 Å². The van der Waals surface area contributed by atoms with Gasteiger partial charge in [-0.2, -0.15) is 0 Å². The molecule has 0 saturated carbocycles. The van der Waals surface area contributed by atoms with Crippen molar-refractivity contribution >= 4 is 17.3 Å². The third kappa shape index (κ3) is 3.31. The second kappa shape index (κ2) is 5.82. The van der Waals surface area contributed by atoms with E-state index in [9.17, 15) is 22.4 Å². The number of amides is 1. The lowest BCUT2D eigenvalue weighted by atomic mass is 10.1. The molecular formula is C14H10F4N2O. The monoisotopic (exact) mass is 298 g/mol. The molecule has 0 fully saturated rings. The molecule has 0 aliphatic heterocycles. The molecule has 110 valence electrons. The molecule has 0 spiro atoms. The minimum atomic E-state index is -0.951.